The quantitative estimate of drug-likeness (QED) is 0.535. The van der Waals surface area contributed by atoms with Gasteiger partial charge >= 0.3 is 12.3 Å². The number of fused-ring (bicyclic) bond motifs is 1. The largest absolute Gasteiger partial charge is 0.586 e. The van der Waals surface area contributed by atoms with Crippen LogP contribution in [0.15, 0.2) is 30.5 Å². The molecular weight excluding hydrogens is 456 g/mol. The van der Waals surface area contributed by atoms with Crippen molar-refractivity contribution >= 4 is 50.6 Å². The highest BCUT2D eigenvalue weighted by Crippen LogP contribution is 2.48. The molecule has 3 aromatic rings. The molecule has 3 aliphatic heterocycles. The summed E-state index contributed by atoms with van der Waals surface area (Å²) in [5.74, 6) is -0.562. The standard InChI is InChI=1S/C21H17F2N5O4S/c22-21(23)31-13-4-3-11(8-14(13)32-21)28-12-5-7-25-19-15(12)16(27-20(28)30)17(33-19)18(29)26-10-2-1-6-24-9-10/h3-5,7-8,10,24H,1-2,6,9H2,(H,26,29)(H,27,30)/t10-/m1/s1. The van der Waals surface area contributed by atoms with Crippen molar-refractivity contribution in [3.05, 3.63) is 35.3 Å². The van der Waals surface area contributed by atoms with E-state index in [1.54, 1.807) is 6.07 Å². The average molecular weight is 473 g/mol. The average Bonchev–Trinajstić information content (AvgIpc) is 3.31. The van der Waals surface area contributed by atoms with Crippen molar-refractivity contribution in [1.29, 1.82) is 0 Å². The van der Waals surface area contributed by atoms with Crippen molar-refractivity contribution in [3.63, 3.8) is 0 Å². The molecular formula is C21H17F2N5O4S. The summed E-state index contributed by atoms with van der Waals surface area (Å²) >= 11 is 1.19. The number of anilines is 3. The minimum Gasteiger partial charge on any atom is -0.395 e. The first kappa shape index (κ1) is 20.1. The first-order valence-electron chi connectivity index (χ1n) is 10.3. The highest BCUT2D eigenvalue weighted by molar-refractivity contribution is 7.21. The highest BCUT2D eigenvalue weighted by Gasteiger charge is 2.44. The molecule has 1 saturated heterocycles. The number of ether oxygens (including phenoxy) is 2. The number of nitrogens with zero attached hydrogens (tertiary/aromatic N) is 2. The number of piperidine rings is 1. The number of alkyl halides is 2. The number of carbonyl (C=O) groups excluding carboxylic acids is 2. The Bertz CT molecular complexity index is 1310. The predicted octanol–water partition coefficient (Wildman–Crippen LogP) is 3.78. The Kier molecular flexibility index (Phi) is 4.42. The molecule has 3 N–H and O–H groups in total. The molecule has 9 nitrogen and oxygen atoms in total. The normalized spacial score (nSPS) is 20.6. The molecule has 1 fully saturated rings. The summed E-state index contributed by atoms with van der Waals surface area (Å²) in [6, 6.07) is 5.23. The SMILES string of the molecule is O=C(N[C@@H]1CCCNC1)c1sc2nccc3c2c1NC(=O)N3c1ccc2c(c1)OC(F)(F)O2. The fourth-order valence-electron chi connectivity index (χ4n) is 4.30. The van der Waals surface area contributed by atoms with Gasteiger partial charge in [-0.3, -0.25) is 9.69 Å². The van der Waals surface area contributed by atoms with Crippen LogP contribution in [0, 0.1) is 0 Å². The first-order chi connectivity index (χ1) is 15.9. The van der Waals surface area contributed by atoms with Gasteiger partial charge < -0.3 is 25.4 Å². The van der Waals surface area contributed by atoms with Crippen LogP contribution in [-0.2, 0) is 0 Å². The summed E-state index contributed by atoms with van der Waals surface area (Å²) in [7, 11) is 0. The van der Waals surface area contributed by atoms with Crippen molar-refractivity contribution in [2.75, 3.05) is 23.3 Å². The lowest BCUT2D eigenvalue weighted by molar-refractivity contribution is -0.286. The van der Waals surface area contributed by atoms with E-state index in [1.165, 1.54) is 40.6 Å². The van der Waals surface area contributed by atoms with Crippen LogP contribution in [0.25, 0.3) is 10.2 Å². The van der Waals surface area contributed by atoms with E-state index in [4.69, 9.17) is 0 Å². The Morgan fingerprint density at radius 2 is 2.12 bits per heavy atom. The second kappa shape index (κ2) is 7.25. The van der Waals surface area contributed by atoms with Crippen molar-refractivity contribution in [2.24, 2.45) is 0 Å². The number of rotatable bonds is 3. The Balaban J connectivity index is 1.39. The Hall–Kier alpha value is -3.51. The Morgan fingerprint density at radius 3 is 2.94 bits per heavy atom. The van der Waals surface area contributed by atoms with Gasteiger partial charge in [0, 0.05) is 24.8 Å². The number of aromatic nitrogens is 1. The van der Waals surface area contributed by atoms with Crippen LogP contribution in [0.1, 0.15) is 22.5 Å². The predicted molar refractivity (Wildman–Crippen MR) is 117 cm³/mol. The molecule has 1 aromatic carbocycles. The van der Waals surface area contributed by atoms with E-state index in [-0.39, 0.29) is 23.4 Å². The van der Waals surface area contributed by atoms with E-state index in [0.717, 1.165) is 19.4 Å². The van der Waals surface area contributed by atoms with Crippen LogP contribution < -0.4 is 30.3 Å². The van der Waals surface area contributed by atoms with E-state index in [0.29, 0.717) is 38.7 Å². The molecule has 0 spiro atoms. The number of hydrogen-bond donors (Lipinski definition) is 3. The molecule has 2 aromatic heterocycles. The van der Waals surface area contributed by atoms with E-state index in [9.17, 15) is 18.4 Å². The van der Waals surface area contributed by atoms with Gasteiger partial charge in [0.05, 0.1) is 22.4 Å². The fraction of sp³-hybridized carbons (Fsp3) is 0.286. The maximum absolute atomic E-state index is 13.4. The zero-order chi connectivity index (χ0) is 22.7. The molecule has 5 heterocycles. The maximum atomic E-state index is 13.4. The lowest BCUT2D eigenvalue weighted by atomic mass is 10.1. The summed E-state index contributed by atoms with van der Waals surface area (Å²) in [5.41, 5.74) is 1.18. The maximum Gasteiger partial charge on any atom is 0.586 e. The van der Waals surface area contributed by atoms with Crippen LogP contribution in [0.4, 0.5) is 30.6 Å². The second-order valence-electron chi connectivity index (χ2n) is 7.90. The van der Waals surface area contributed by atoms with E-state index >= 15 is 0 Å². The monoisotopic (exact) mass is 473 g/mol. The number of urea groups is 1. The number of amides is 3. The van der Waals surface area contributed by atoms with Crippen molar-refractivity contribution < 1.29 is 27.8 Å². The van der Waals surface area contributed by atoms with Gasteiger partial charge in [-0.15, -0.1) is 20.1 Å². The van der Waals surface area contributed by atoms with Gasteiger partial charge in [0.15, 0.2) is 11.5 Å². The summed E-state index contributed by atoms with van der Waals surface area (Å²) in [5, 5.41) is 9.67. The third-order valence-corrected chi connectivity index (χ3v) is 6.82. The number of thiophene rings is 1. The van der Waals surface area contributed by atoms with Crippen LogP contribution in [0.3, 0.4) is 0 Å². The van der Waals surface area contributed by atoms with Crippen LogP contribution in [-0.4, -0.2) is 42.3 Å². The lowest BCUT2D eigenvalue weighted by Gasteiger charge is -2.28. The molecule has 3 amide bonds. The van der Waals surface area contributed by atoms with Crippen molar-refractivity contribution in [3.8, 4) is 11.5 Å². The molecule has 1 atom stereocenters. The first-order valence-corrected chi connectivity index (χ1v) is 11.2. The van der Waals surface area contributed by atoms with E-state index < -0.39 is 12.3 Å². The Labute approximate surface area is 189 Å². The van der Waals surface area contributed by atoms with Crippen LogP contribution in [0.5, 0.6) is 11.5 Å². The molecule has 6 rings (SSSR count). The van der Waals surface area contributed by atoms with E-state index in [2.05, 4.69) is 30.4 Å². The molecule has 0 aliphatic carbocycles. The van der Waals surface area contributed by atoms with Gasteiger partial charge in [-0.05, 0) is 37.6 Å². The number of carbonyl (C=O) groups is 2. The number of pyridine rings is 1. The van der Waals surface area contributed by atoms with Gasteiger partial charge in [-0.1, -0.05) is 0 Å². The number of halogens is 2. The third kappa shape index (κ3) is 3.33. The highest BCUT2D eigenvalue weighted by atomic mass is 32.1. The minimum atomic E-state index is -3.76. The minimum absolute atomic E-state index is 0.0126. The topological polar surface area (TPSA) is 105 Å². The molecule has 12 heteroatoms. The Morgan fingerprint density at radius 1 is 1.27 bits per heavy atom. The summed E-state index contributed by atoms with van der Waals surface area (Å²) in [4.78, 5) is 32.8. The zero-order valence-electron chi connectivity index (χ0n) is 17.0. The summed E-state index contributed by atoms with van der Waals surface area (Å²) in [6.45, 7) is 1.62. The van der Waals surface area contributed by atoms with Crippen molar-refractivity contribution in [1.82, 2.24) is 15.6 Å². The van der Waals surface area contributed by atoms with Gasteiger partial charge in [0.25, 0.3) is 5.91 Å². The molecule has 0 bridgehead atoms. The van der Waals surface area contributed by atoms with Crippen LogP contribution >= 0.6 is 11.3 Å². The van der Waals surface area contributed by atoms with Gasteiger partial charge in [0.1, 0.15) is 9.71 Å². The third-order valence-electron chi connectivity index (χ3n) is 5.73. The smallest absolute Gasteiger partial charge is 0.395 e. The summed E-state index contributed by atoms with van der Waals surface area (Å²) < 4.78 is 35.8. The molecule has 3 aliphatic rings. The lowest BCUT2D eigenvalue weighted by Crippen LogP contribution is -2.45. The number of nitrogens with one attached hydrogen (secondary N) is 3. The van der Waals surface area contributed by atoms with Gasteiger partial charge in [0.2, 0.25) is 0 Å². The number of hydrogen-bond acceptors (Lipinski definition) is 7. The second-order valence-corrected chi connectivity index (χ2v) is 8.90. The number of benzene rings is 1. The molecule has 0 radical (unpaired) electrons. The fourth-order valence-corrected chi connectivity index (χ4v) is 5.33. The van der Waals surface area contributed by atoms with Crippen LogP contribution in [0.2, 0.25) is 0 Å². The molecule has 33 heavy (non-hydrogen) atoms. The zero-order valence-corrected chi connectivity index (χ0v) is 17.8. The molecule has 0 saturated carbocycles. The van der Waals surface area contributed by atoms with Gasteiger partial charge in [-0.25, -0.2) is 9.78 Å². The molecule has 0 unspecified atom stereocenters. The van der Waals surface area contributed by atoms with E-state index in [1.807, 2.05) is 0 Å². The summed E-state index contributed by atoms with van der Waals surface area (Å²) in [6.07, 6.45) is -0.363. The molecule has 170 valence electrons. The van der Waals surface area contributed by atoms with Gasteiger partial charge in [-0.2, -0.15) is 0 Å². The van der Waals surface area contributed by atoms with Crippen molar-refractivity contribution in [2.45, 2.75) is 25.2 Å².